The van der Waals surface area contributed by atoms with E-state index >= 15 is 0 Å². The summed E-state index contributed by atoms with van der Waals surface area (Å²) in [5.74, 6) is 1.40. The number of carbonyl (C=O) groups excluding carboxylic acids is 1. The molecule has 2 aliphatic heterocycles. The zero-order valence-electron chi connectivity index (χ0n) is 14.9. The number of carbonyl (C=O) groups is 1. The summed E-state index contributed by atoms with van der Waals surface area (Å²) in [6.07, 6.45) is 0.385. The van der Waals surface area contributed by atoms with Crippen molar-refractivity contribution in [3.63, 3.8) is 0 Å². The molecule has 1 aromatic heterocycles. The molecule has 4 rings (SSSR count). The van der Waals surface area contributed by atoms with Crippen LogP contribution < -0.4 is 5.32 Å². The SMILES string of the molecule is Cc1nn(-c2ccc(Cl)cc2Cl)c(C)c1CC(=O)N1C[C@H]2CNC[C@H]2C1. The lowest BCUT2D eigenvalue weighted by Gasteiger charge is -2.17. The summed E-state index contributed by atoms with van der Waals surface area (Å²) in [5.41, 5.74) is 3.57. The third kappa shape index (κ3) is 3.13. The lowest BCUT2D eigenvalue weighted by Crippen LogP contribution is -2.33. The number of fused-ring (bicyclic) bond motifs is 1. The average molecular weight is 393 g/mol. The highest BCUT2D eigenvalue weighted by molar-refractivity contribution is 6.35. The fraction of sp³-hybridized carbons (Fsp3) is 0.474. The van der Waals surface area contributed by atoms with Gasteiger partial charge in [-0.1, -0.05) is 23.2 Å². The van der Waals surface area contributed by atoms with Crippen molar-refractivity contribution in [2.45, 2.75) is 20.3 Å². The smallest absolute Gasteiger partial charge is 0.227 e. The molecule has 0 unspecified atom stereocenters. The molecule has 0 bridgehead atoms. The highest BCUT2D eigenvalue weighted by Crippen LogP contribution is 2.29. The summed E-state index contributed by atoms with van der Waals surface area (Å²) in [4.78, 5) is 14.8. The van der Waals surface area contributed by atoms with Crippen molar-refractivity contribution in [1.82, 2.24) is 20.0 Å². The van der Waals surface area contributed by atoms with E-state index in [1.807, 2.05) is 24.8 Å². The molecule has 0 aliphatic carbocycles. The summed E-state index contributed by atoms with van der Waals surface area (Å²) in [6, 6.07) is 5.35. The van der Waals surface area contributed by atoms with E-state index in [0.29, 0.717) is 28.3 Å². The standard InChI is InChI=1S/C19H22Cl2N4O/c1-11-16(6-19(26)24-9-13-7-22-8-14(13)10-24)12(2)25(23-11)18-4-3-15(20)5-17(18)21/h3-5,13-14,22H,6-10H2,1-2H3/t13-,14+. The molecule has 0 spiro atoms. The molecule has 0 saturated carbocycles. The van der Waals surface area contributed by atoms with Crippen LogP contribution in [-0.4, -0.2) is 46.8 Å². The fourth-order valence-corrected chi connectivity index (χ4v) is 4.63. The van der Waals surface area contributed by atoms with Gasteiger partial charge in [0.1, 0.15) is 0 Å². The van der Waals surface area contributed by atoms with Crippen LogP contribution in [0.2, 0.25) is 10.0 Å². The first kappa shape index (κ1) is 17.8. The number of nitrogens with zero attached hydrogens (tertiary/aromatic N) is 3. The minimum absolute atomic E-state index is 0.187. The van der Waals surface area contributed by atoms with Gasteiger partial charge in [-0.25, -0.2) is 4.68 Å². The summed E-state index contributed by atoms with van der Waals surface area (Å²) in [6.45, 7) is 7.71. The quantitative estimate of drug-likeness (QED) is 0.872. The third-order valence-corrected chi connectivity index (χ3v) is 6.19. The minimum atomic E-state index is 0.187. The molecule has 138 valence electrons. The molecule has 1 amide bonds. The minimum Gasteiger partial charge on any atom is -0.342 e. The zero-order valence-corrected chi connectivity index (χ0v) is 16.4. The van der Waals surface area contributed by atoms with Crippen LogP contribution in [0.15, 0.2) is 18.2 Å². The Kier molecular flexibility index (Phi) is 4.71. The van der Waals surface area contributed by atoms with Crippen LogP contribution in [0.25, 0.3) is 5.69 Å². The van der Waals surface area contributed by atoms with Crippen LogP contribution in [0.1, 0.15) is 17.0 Å². The van der Waals surface area contributed by atoms with Crippen molar-refractivity contribution in [2.75, 3.05) is 26.2 Å². The number of aryl methyl sites for hydroxylation is 1. The number of hydrogen-bond acceptors (Lipinski definition) is 3. The first-order valence-electron chi connectivity index (χ1n) is 8.93. The Balaban J connectivity index is 1.56. The van der Waals surface area contributed by atoms with E-state index < -0.39 is 0 Å². The first-order chi connectivity index (χ1) is 12.4. The summed E-state index contributed by atoms with van der Waals surface area (Å²) >= 11 is 12.3. The van der Waals surface area contributed by atoms with Crippen molar-refractivity contribution in [2.24, 2.45) is 11.8 Å². The average Bonchev–Trinajstić information content (AvgIpc) is 3.24. The molecule has 2 aliphatic rings. The first-order valence-corrected chi connectivity index (χ1v) is 9.68. The van der Waals surface area contributed by atoms with E-state index in [2.05, 4.69) is 10.4 Å². The fourth-order valence-electron chi connectivity index (χ4n) is 4.14. The van der Waals surface area contributed by atoms with Crippen molar-refractivity contribution in [3.05, 3.63) is 45.2 Å². The van der Waals surface area contributed by atoms with Crippen LogP contribution in [0, 0.1) is 25.7 Å². The van der Waals surface area contributed by atoms with Gasteiger partial charge in [0.2, 0.25) is 5.91 Å². The summed E-state index contributed by atoms with van der Waals surface area (Å²) < 4.78 is 1.80. The summed E-state index contributed by atoms with van der Waals surface area (Å²) in [7, 11) is 0. The van der Waals surface area contributed by atoms with Gasteiger partial charge >= 0.3 is 0 Å². The van der Waals surface area contributed by atoms with Gasteiger partial charge in [0, 0.05) is 42.5 Å². The Morgan fingerprint density at radius 2 is 1.92 bits per heavy atom. The number of hydrogen-bond donors (Lipinski definition) is 1. The van der Waals surface area contributed by atoms with Crippen molar-refractivity contribution in [1.29, 1.82) is 0 Å². The second-order valence-electron chi connectivity index (χ2n) is 7.31. The van der Waals surface area contributed by atoms with Gasteiger partial charge in [-0.3, -0.25) is 4.79 Å². The molecule has 2 aromatic rings. The van der Waals surface area contributed by atoms with Gasteiger partial charge in [-0.2, -0.15) is 5.10 Å². The van der Waals surface area contributed by atoms with E-state index in [-0.39, 0.29) is 5.91 Å². The molecule has 7 heteroatoms. The second-order valence-corrected chi connectivity index (χ2v) is 8.15. The molecule has 1 aromatic carbocycles. The third-order valence-electron chi connectivity index (χ3n) is 5.65. The Morgan fingerprint density at radius 3 is 2.58 bits per heavy atom. The van der Waals surface area contributed by atoms with Crippen LogP contribution in [0.5, 0.6) is 0 Å². The van der Waals surface area contributed by atoms with E-state index in [0.717, 1.165) is 48.8 Å². The largest absolute Gasteiger partial charge is 0.342 e. The number of likely N-dealkylation sites (tertiary alicyclic amines) is 1. The Labute approximate surface area is 163 Å². The highest BCUT2D eigenvalue weighted by Gasteiger charge is 2.38. The van der Waals surface area contributed by atoms with Crippen molar-refractivity contribution < 1.29 is 4.79 Å². The van der Waals surface area contributed by atoms with Crippen LogP contribution in [0.3, 0.4) is 0 Å². The number of aromatic nitrogens is 2. The van der Waals surface area contributed by atoms with Gasteiger partial charge in [-0.05, 0) is 43.9 Å². The van der Waals surface area contributed by atoms with E-state index in [9.17, 15) is 4.79 Å². The van der Waals surface area contributed by atoms with E-state index in [1.54, 1.807) is 16.8 Å². The monoisotopic (exact) mass is 392 g/mol. The molecule has 26 heavy (non-hydrogen) atoms. The summed E-state index contributed by atoms with van der Waals surface area (Å²) in [5, 5.41) is 9.16. The number of amides is 1. The second kappa shape index (κ2) is 6.87. The topological polar surface area (TPSA) is 50.2 Å². The molecule has 1 N–H and O–H groups in total. The maximum absolute atomic E-state index is 12.8. The zero-order chi connectivity index (χ0) is 18.4. The predicted octanol–water partition coefficient (Wildman–Crippen LogP) is 3.02. The predicted molar refractivity (Wildman–Crippen MR) is 103 cm³/mol. The van der Waals surface area contributed by atoms with Gasteiger partial charge in [0.05, 0.1) is 22.8 Å². The van der Waals surface area contributed by atoms with Crippen molar-refractivity contribution in [3.8, 4) is 5.69 Å². The molecular formula is C19H22Cl2N4O. The molecule has 2 saturated heterocycles. The lowest BCUT2D eigenvalue weighted by molar-refractivity contribution is -0.129. The van der Waals surface area contributed by atoms with Crippen LogP contribution >= 0.6 is 23.2 Å². The number of rotatable bonds is 3. The lowest BCUT2D eigenvalue weighted by atomic mass is 10.0. The van der Waals surface area contributed by atoms with Crippen molar-refractivity contribution >= 4 is 29.1 Å². The Bertz CT molecular complexity index is 851. The maximum atomic E-state index is 12.8. The van der Waals surface area contributed by atoms with Gasteiger partial charge in [0.25, 0.3) is 0 Å². The molecule has 5 nitrogen and oxygen atoms in total. The molecule has 2 atom stereocenters. The van der Waals surface area contributed by atoms with Gasteiger partial charge < -0.3 is 10.2 Å². The van der Waals surface area contributed by atoms with Crippen LogP contribution in [0.4, 0.5) is 0 Å². The Morgan fingerprint density at radius 1 is 1.23 bits per heavy atom. The van der Waals surface area contributed by atoms with E-state index in [4.69, 9.17) is 23.2 Å². The molecular weight excluding hydrogens is 371 g/mol. The molecule has 2 fully saturated rings. The number of nitrogens with one attached hydrogen (secondary N) is 1. The normalized spacial score (nSPS) is 22.1. The maximum Gasteiger partial charge on any atom is 0.227 e. The van der Waals surface area contributed by atoms with Crippen LogP contribution in [-0.2, 0) is 11.2 Å². The Hall–Kier alpha value is -1.56. The number of halogens is 2. The molecule has 0 radical (unpaired) electrons. The van der Waals surface area contributed by atoms with Gasteiger partial charge in [0.15, 0.2) is 0 Å². The molecule has 3 heterocycles. The van der Waals surface area contributed by atoms with E-state index in [1.165, 1.54) is 0 Å². The van der Waals surface area contributed by atoms with Gasteiger partial charge in [-0.15, -0.1) is 0 Å². The number of benzene rings is 1. The highest BCUT2D eigenvalue weighted by atomic mass is 35.5.